The maximum absolute atomic E-state index is 10.3. The van der Waals surface area contributed by atoms with Crippen LogP contribution in [0.25, 0.3) is 0 Å². The molecule has 1 aliphatic rings. The lowest BCUT2D eigenvalue weighted by atomic mass is 10.1. The van der Waals surface area contributed by atoms with Crippen LogP contribution < -0.4 is 0 Å². The van der Waals surface area contributed by atoms with Gasteiger partial charge in [0.15, 0.2) is 0 Å². The molecule has 2 nitrogen and oxygen atoms in total. The number of carboxylic acid groups (broad SMARTS) is 1. The van der Waals surface area contributed by atoms with Crippen molar-refractivity contribution in [1.29, 1.82) is 0 Å². The lowest BCUT2D eigenvalue weighted by Crippen LogP contribution is -2.06. The summed E-state index contributed by atoms with van der Waals surface area (Å²) in [7, 11) is 3.80. The fourth-order valence-electron chi connectivity index (χ4n) is 1.21. The Hall–Kier alpha value is 0.170. The SMILES string of the molecule is CCC1CC(CCC(=O)O)SS1. The molecule has 2 unspecified atom stereocenters. The van der Waals surface area contributed by atoms with E-state index in [1.807, 2.05) is 21.6 Å². The molecule has 0 spiro atoms. The maximum atomic E-state index is 10.3. The van der Waals surface area contributed by atoms with E-state index in [2.05, 4.69) is 6.92 Å². The maximum Gasteiger partial charge on any atom is 0.303 e. The number of carbonyl (C=O) groups is 1. The van der Waals surface area contributed by atoms with Crippen molar-refractivity contribution in [3.05, 3.63) is 0 Å². The van der Waals surface area contributed by atoms with Crippen molar-refractivity contribution in [3.8, 4) is 0 Å². The number of hydrogen-bond acceptors (Lipinski definition) is 3. The second-order valence-electron chi connectivity index (χ2n) is 3.01. The van der Waals surface area contributed by atoms with Crippen LogP contribution in [0.1, 0.15) is 32.6 Å². The second-order valence-corrected chi connectivity index (χ2v) is 5.89. The van der Waals surface area contributed by atoms with Crippen LogP contribution in [-0.4, -0.2) is 21.6 Å². The quantitative estimate of drug-likeness (QED) is 0.718. The normalized spacial score (nSPS) is 29.1. The molecule has 0 radical (unpaired) electrons. The van der Waals surface area contributed by atoms with Crippen LogP contribution in [0.3, 0.4) is 0 Å². The lowest BCUT2D eigenvalue weighted by molar-refractivity contribution is -0.137. The third-order valence-electron chi connectivity index (χ3n) is 1.99. The molecule has 0 amide bonds. The van der Waals surface area contributed by atoms with Gasteiger partial charge in [0.05, 0.1) is 0 Å². The molecule has 70 valence electrons. The van der Waals surface area contributed by atoms with Crippen molar-refractivity contribution < 1.29 is 9.90 Å². The van der Waals surface area contributed by atoms with Gasteiger partial charge in [0, 0.05) is 16.9 Å². The van der Waals surface area contributed by atoms with Gasteiger partial charge in [0.1, 0.15) is 0 Å². The summed E-state index contributed by atoms with van der Waals surface area (Å²) >= 11 is 0. The van der Waals surface area contributed by atoms with E-state index in [1.54, 1.807) is 0 Å². The van der Waals surface area contributed by atoms with Gasteiger partial charge < -0.3 is 5.11 Å². The highest BCUT2D eigenvalue weighted by molar-refractivity contribution is 8.77. The van der Waals surface area contributed by atoms with Gasteiger partial charge in [-0.05, 0) is 19.3 Å². The molecule has 1 rings (SSSR count). The third-order valence-corrected chi connectivity index (χ3v) is 5.56. The van der Waals surface area contributed by atoms with Crippen molar-refractivity contribution in [2.24, 2.45) is 0 Å². The van der Waals surface area contributed by atoms with Crippen molar-refractivity contribution in [1.82, 2.24) is 0 Å². The molecule has 0 aromatic carbocycles. The molecule has 1 aliphatic heterocycles. The third kappa shape index (κ3) is 3.27. The first-order valence-electron chi connectivity index (χ1n) is 4.26. The summed E-state index contributed by atoms with van der Waals surface area (Å²) in [4.78, 5) is 10.3. The lowest BCUT2D eigenvalue weighted by Gasteiger charge is -2.04. The minimum Gasteiger partial charge on any atom is -0.481 e. The molecule has 1 fully saturated rings. The Balaban J connectivity index is 2.15. The van der Waals surface area contributed by atoms with E-state index in [0.29, 0.717) is 11.7 Å². The molecule has 0 bridgehead atoms. The Morgan fingerprint density at radius 3 is 2.67 bits per heavy atom. The number of aliphatic carboxylic acids is 1. The Morgan fingerprint density at radius 1 is 1.50 bits per heavy atom. The van der Waals surface area contributed by atoms with E-state index in [4.69, 9.17) is 5.11 Å². The van der Waals surface area contributed by atoms with Gasteiger partial charge in [-0.15, -0.1) is 0 Å². The Bertz CT molecular complexity index is 161. The smallest absolute Gasteiger partial charge is 0.303 e. The number of carboxylic acids is 1. The standard InChI is InChI=1S/C8H14O2S2/c1-2-6-5-7(12-11-6)3-4-8(9)10/h6-7H,2-5H2,1H3,(H,9,10). The molecule has 1 N–H and O–H groups in total. The monoisotopic (exact) mass is 206 g/mol. The Morgan fingerprint density at radius 2 is 2.17 bits per heavy atom. The van der Waals surface area contributed by atoms with Gasteiger partial charge in [0.2, 0.25) is 0 Å². The van der Waals surface area contributed by atoms with E-state index in [1.165, 1.54) is 12.8 Å². The molecular weight excluding hydrogens is 192 g/mol. The minimum atomic E-state index is -0.666. The van der Waals surface area contributed by atoms with Gasteiger partial charge in [0.25, 0.3) is 0 Å². The van der Waals surface area contributed by atoms with Crippen LogP contribution in [0.5, 0.6) is 0 Å². The molecule has 12 heavy (non-hydrogen) atoms. The first-order valence-corrected chi connectivity index (χ1v) is 6.54. The zero-order chi connectivity index (χ0) is 8.97. The average molecular weight is 206 g/mol. The van der Waals surface area contributed by atoms with Crippen molar-refractivity contribution >= 4 is 27.6 Å². The van der Waals surface area contributed by atoms with E-state index < -0.39 is 5.97 Å². The summed E-state index contributed by atoms with van der Waals surface area (Å²) in [6, 6.07) is 0. The largest absolute Gasteiger partial charge is 0.481 e. The zero-order valence-electron chi connectivity index (χ0n) is 7.16. The highest BCUT2D eigenvalue weighted by Crippen LogP contribution is 2.46. The van der Waals surface area contributed by atoms with Crippen LogP contribution in [0.2, 0.25) is 0 Å². The molecular formula is C8H14O2S2. The van der Waals surface area contributed by atoms with E-state index in [-0.39, 0.29) is 0 Å². The molecule has 2 atom stereocenters. The molecule has 4 heteroatoms. The van der Waals surface area contributed by atoms with Crippen LogP contribution in [0.4, 0.5) is 0 Å². The van der Waals surface area contributed by atoms with Gasteiger partial charge in [-0.25, -0.2) is 0 Å². The van der Waals surface area contributed by atoms with Gasteiger partial charge in [-0.1, -0.05) is 28.5 Å². The fourth-order valence-corrected chi connectivity index (χ4v) is 4.73. The number of hydrogen-bond donors (Lipinski definition) is 1. The van der Waals surface area contributed by atoms with Gasteiger partial charge in [-0.2, -0.15) is 0 Å². The number of rotatable bonds is 4. The van der Waals surface area contributed by atoms with Crippen molar-refractivity contribution in [2.75, 3.05) is 0 Å². The fraction of sp³-hybridized carbons (Fsp3) is 0.875. The van der Waals surface area contributed by atoms with Crippen LogP contribution in [0, 0.1) is 0 Å². The highest BCUT2D eigenvalue weighted by Gasteiger charge is 2.24. The molecule has 0 aromatic heterocycles. The summed E-state index contributed by atoms with van der Waals surface area (Å²) in [6.45, 7) is 2.19. The Kier molecular flexibility index (Phi) is 4.29. The molecule has 1 saturated heterocycles. The summed E-state index contributed by atoms with van der Waals surface area (Å²) < 4.78 is 0. The zero-order valence-corrected chi connectivity index (χ0v) is 8.79. The highest BCUT2D eigenvalue weighted by atomic mass is 33.1. The topological polar surface area (TPSA) is 37.3 Å². The van der Waals surface area contributed by atoms with Crippen LogP contribution >= 0.6 is 21.6 Å². The van der Waals surface area contributed by atoms with Gasteiger partial charge >= 0.3 is 5.97 Å². The Labute approximate surface area is 80.9 Å². The molecule has 0 aliphatic carbocycles. The van der Waals surface area contributed by atoms with Crippen molar-refractivity contribution in [2.45, 2.75) is 43.1 Å². The van der Waals surface area contributed by atoms with Crippen LogP contribution in [-0.2, 0) is 4.79 Å². The van der Waals surface area contributed by atoms with Crippen LogP contribution in [0.15, 0.2) is 0 Å². The van der Waals surface area contributed by atoms with E-state index in [9.17, 15) is 4.79 Å². The molecule has 0 aromatic rings. The summed E-state index contributed by atoms with van der Waals surface area (Å²) in [6.07, 6.45) is 3.57. The minimum absolute atomic E-state index is 0.328. The predicted octanol–water partition coefficient (Wildman–Crippen LogP) is 2.78. The van der Waals surface area contributed by atoms with E-state index >= 15 is 0 Å². The summed E-state index contributed by atoms with van der Waals surface area (Å²) in [5.41, 5.74) is 0. The second kappa shape index (κ2) is 5.02. The van der Waals surface area contributed by atoms with Gasteiger partial charge in [-0.3, -0.25) is 4.79 Å². The average Bonchev–Trinajstić information content (AvgIpc) is 2.48. The van der Waals surface area contributed by atoms with E-state index in [0.717, 1.165) is 11.7 Å². The first-order chi connectivity index (χ1) is 5.72. The summed E-state index contributed by atoms with van der Waals surface area (Å²) in [5, 5.41) is 9.82. The molecule has 0 saturated carbocycles. The van der Waals surface area contributed by atoms with Crippen molar-refractivity contribution in [3.63, 3.8) is 0 Å². The predicted molar refractivity (Wildman–Crippen MR) is 54.5 cm³/mol. The molecule has 1 heterocycles. The first kappa shape index (κ1) is 10.3. The summed E-state index contributed by atoms with van der Waals surface area (Å²) in [5.74, 6) is -0.666.